The number of anilines is 3. The summed E-state index contributed by atoms with van der Waals surface area (Å²) in [5.74, 6) is 0. The second kappa shape index (κ2) is 8.29. The zero-order valence-electron chi connectivity index (χ0n) is 20.5. The fraction of sp³-hybridized carbons (Fsp3) is 0.118. The molecule has 0 unspecified atom stereocenters. The van der Waals surface area contributed by atoms with Gasteiger partial charge in [0.25, 0.3) is 0 Å². The first kappa shape index (κ1) is 21.4. The quantitative estimate of drug-likeness (QED) is 0.263. The molecule has 1 aliphatic rings. The first-order valence-electron chi connectivity index (χ1n) is 12.3. The Morgan fingerprint density at radius 3 is 1.80 bits per heavy atom. The lowest BCUT2D eigenvalue weighted by Gasteiger charge is -2.29. The first-order valence-corrected chi connectivity index (χ1v) is 12.3. The van der Waals surface area contributed by atoms with E-state index >= 15 is 0 Å². The van der Waals surface area contributed by atoms with E-state index in [-0.39, 0.29) is 5.41 Å². The number of rotatable bonds is 4. The van der Waals surface area contributed by atoms with Gasteiger partial charge in [0.2, 0.25) is 0 Å². The molecule has 5 aromatic rings. The molecule has 0 aliphatic heterocycles. The Hall–Kier alpha value is -4.10. The molecule has 0 atom stereocenters. The van der Waals surface area contributed by atoms with Crippen molar-refractivity contribution in [3.8, 4) is 22.3 Å². The van der Waals surface area contributed by atoms with E-state index in [4.69, 9.17) is 0 Å². The van der Waals surface area contributed by atoms with Crippen molar-refractivity contribution >= 4 is 17.1 Å². The van der Waals surface area contributed by atoms with Gasteiger partial charge >= 0.3 is 0 Å². The Bertz CT molecular complexity index is 1490. The SMILES string of the molecule is Cc1ccc(N(c2ccc(-c3ccccc3)cc2)c2cccc3c2-c2ccccc2C3(C)C)cc1. The summed E-state index contributed by atoms with van der Waals surface area (Å²) in [5.41, 5.74) is 12.7. The summed E-state index contributed by atoms with van der Waals surface area (Å²) in [7, 11) is 0. The Balaban J connectivity index is 1.56. The lowest BCUT2D eigenvalue weighted by Crippen LogP contribution is -2.16. The molecular weight excluding hydrogens is 422 g/mol. The molecule has 0 heterocycles. The summed E-state index contributed by atoms with van der Waals surface area (Å²) in [6.45, 7) is 6.82. The van der Waals surface area contributed by atoms with Crippen LogP contribution >= 0.6 is 0 Å². The van der Waals surface area contributed by atoms with E-state index in [9.17, 15) is 0 Å². The van der Waals surface area contributed by atoms with E-state index in [2.05, 4.69) is 147 Å². The lowest BCUT2D eigenvalue weighted by molar-refractivity contribution is 0.660. The third-order valence-electron chi connectivity index (χ3n) is 7.35. The summed E-state index contributed by atoms with van der Waals surface area (Å²) in [6, 6.07) is 44.0. The van der Waals surface area contributed by atoms with Crippen LogP contribution in [-0.4, -0.2) is 0 Å². The largest absolute Gasteiger partial charge is 0.310 e. The van der Waals surface area contributed by atoms with Gasteiger partial charge in [-0.3, -0.25) is 0 Å². The predicted molar refractivity (Wildman–Crippen MR) is 149 cm³/mol. The van der Waals surface area contributed by atoms with Crippen LogP contribution in [0.15, 0.2) is 121 Å². The molecule has 1 aliphatic carbocycles. The number of hydrogen-bond donors (Lipinski definition) is 0. The molecule has 5 aromatic carbocycles. The van der Waals surface area contributed by atoms with Crippen molar-refractivity contribution in [2.24, 2.45) is 0 Å². The van der Waals surface area contributed by atoms with Crippen LogP contribution in [0, 0.1) is 6.92 Å². The normalized spacial score (nSPS) is 13.2. The molecular formula is C34H29N. The highest BCUT2D eigenvalue weighted by molar-refractivity contribution is 5.95. The van der Waals surface area contributed by atoms with E-state index in [1.165, 1.54) is 50.3 Å². The van der Waals surface area contributed by atoms with Crippen LogP contribution in [-0.2, 0) is 5.41 Å². The number of fused-ring (bicyclic) bond motifs is 3. The molecule has 1 nitrogen and oxygen atoms in total. The third-order valence-corrected chi connectivity index (χ3v) is 7.35. The molecule has 0 amide bonds. The maximum atomic E-state index is 2.41. The van der Waals surface area contributed by atoms with E-state index < -0.39 is 0 Å². The molecule has 0 saturated carbocycles. The number of nitrogens with zero attached hydrogens (tertiary/aromatic N) is 1. The third kappa shape index (κ3) is 3.56. The summed E-state index contributed by atoms with van der Waals surface area (Å²) < 4.78 is 0. The average Bonchev–Trinajstić information content (AvgIpc) is 3.14. The number of aryl methyl sites for hydroxylation is 1. The second-order valence-corrected chi connectivity index (χ2v) is 9.95. The van der Waals surface area contributed by atoms with Crippen LogP contribution in [0.5, 0.6) is 0 Å². The molecule has 170 valence electrons. The Morgan fingerprint density at radius 1 is 0.514 bits per heavy atom. The molecule has 0 radical (unpaired) electrons. The minimum Gasteiger partial charge on any atom is -0.310 e. The highest BCUT2D eigenvalue weighted by Crippen LogP contribution is 2.54. The topological polar surface area (TPSA) is 3.24 Å². The van der Waals surface area contributed by atoms with Crippen LogP contribution in [0.2, 0.25) is 0 Å². The standard InChI is InChI=1S/C34H29N/c1-24-16-20-27(21-17-24)35(28-22-18-26(19-23-28)25-10-5-4-6-11-25)32-15-9-14-31-33(32)29-12-7-8-13-30(29)34(31,2)3/h4-23H,1-3H3. The van der Waals surface area contributed by atoms with E-state index in [0.717, 1.165) is 5.69 Å². The van der Waals surface area contributed by atoms with Crippen LogP contribution in [0.25, 0.3) is 22.3 Å². The van der Waals surface area contributed by atoms with Gasteiger partial charge in [0.1, 0.15) is 0 Å². The minimum absolute atomic E-state index is 0.0297. The van der Waals surface area contributed by atoms with Gasteiger partial charge in [-0.25, -0.2) is 0 Å². The number of hydrogen-bond acceptors (Lipinski definition) is 1. The maximum Gasteiger partial charge on any atom is 0.0543 e. The van der Waals surface area contributed by atoms with Crippen molar-refractivity contribution in [2.45, 2.75) is 26.2 Å². The van der Waals surface area contributed by atoms with Crippen LogP contribution in [0.3, 0.4) is 0 Å². The summed E-state index contributed by atoms with van der Waals surface area (Å²) in [5, 5.41) is 0. The smallest absolute Gasteiger partial charge is 0.0543 e. The monoisotopic (exact) mass is 451 g/mol. The van der Waals surface area contributed by atoms with Gasteiger partial charge in [-0.2, -0.15) is 0 Å². The summed E-state index contributed by atoms with van der Waals surface area (Å²) in [6.07, 6.45) is 0. The highest BCUT2D eigenvalue weighted by Gasteiger charge is 2.37. The van der Waals surface area contributed by atoms with Gasteiger partial charge < -0.3 is 4.90 Å². The molecule has 35 heavy (non-hydrogen) atoms. The van der Waals surface area contributed by atoms with Crippen molar-refractivity contribution in [1.29, 1.82) is 0 Å². The number of benzene rings is 5. The summed E-state index contributed by atoms with van der Waals surface area (Å²) >= 11 is 0. The van der Waals surface area contributed by atoms with E-state index in [1.54, 1.807) is 0 Å². The predicted octanol–water partition coefficient (Wildman–Crippen LogP) is 9.44. The van der Waals surface area contributed by atoms with Gasteiger partial charge in [0.15, 0.2) is 0 Å². The Kier molecular flexibility index (Phi) is 5.07. The molecule has 0 saturated heterocycles. The zero-order chi connectivity index (χ0) is 24.0. The van der Waals surface area contributed by atoms with E-state index in [0.29, 0.717) is 0 Å². The van der Waals surface area contributed by atoms with E-state index in [1.807, 2.05) is 0 Å². The molecule has 0 fully saturated rings. The fourth-order valence-corrected chi connectivity index (χ4v) is 5.48. The fourth-order valence-electron chi connectivity index (χ4n) is 5.48. The van der Waals surface area contributed by atoms with Crippen molar-refractivity contribution in [1.82, 2.24) is 0 Å². The lowest BCUT2D eigenvalue weighted by atomic mass is 9.82. The van der Waals surface area contributed by atoms with Crippen molar-refractivity contribution < 1.29 is 0 Å². The molecule has 0 spiro atoms. The molecule has 6 rings (SSSR count). The molecule has 0 N–H and O–H groups in total. The van der Waals surface area contributed by atoms with Gasteiger partial charge in [0, 0.05) is 22.4 Å². The Labute approximate surface area is 208 Å². The molecule has 0 aromatic heterocycles. The van der Waals surface area contributed by atoms with Crippen LogP contribution in [0.4, 0.5) is 17.1 Å². The summed E-state index contributed by atoms with van der Waals surface area (Å²) in [4.78, 5) is 2.41. The maximum absolute atomic E-state index is 2.41. The Morgan fingerprint density at radius 2 is 1.09 bits per heavy atom. The zero-order valence-corrected chi connectivity index (χ0v) is 20.5. The van der Waals surface area contributed by atoms with Crippen LogP contribution < -0.4 is 4.90 Å². The van der Waals surface area contributed by atoms with Gasteiger partial charge in [-0.15, -0.1) is 0 Å². The molecule has 1 heteroatoms. The van der Waals surface area contributed by atoms with Crippen molar-refractivity contribution in [3.63, 3.8) is 0 Å². The highest BCUT2D eigenvalue weighted by atomic mass is 15.1. The average molecular weight is 452 g/mol. The first-order chi connectivity index (χ1) is 17.0. The molecule has 0 bridgehead atoms. The van der Waals surface area contributed by atoms with Crippen molar-refractivity contribution in [2.75, 3.05) is 4.90 Å². The minimum atomic E-state index is -0.0297. The van der Waals surface area contributed by atoms with Crippen molar-refractivity contribution in [3.05, 3.63) is 138 Å². The second-order valence-electron chi connectivity index (χ2n) is 9.95. The van der Waals surface area contributed by atoms with Gasteiger partial charge in [0.05, 0.1) is 5.69 Å². The van der Waals surface area contributed by atoms with Crippen LogP contribution in [0.1, 0.15) is 30.5 Å². The van der Waals surface area contributed by atoms with Gasteiger partial charge in [-0.1, -0.05) is 110 Å². The van der Waals surface area contributed by atoms with Gasteiger partial charge in [-0.05, 0) is 65.1 Å².